The summed E-state index contributed by atoms with van der Waals surface area (Å²) in [5.74, 6) is -0.199. The number of nitrogens with zero attached hydrogens (tertiary/aromatic N) is 3. The summed E-state index contributed by atoms with van der Waals surface area (Å²) in [6, 6.07) is 19.9. The molecule has 7 N–H and O–H groups in total. The summed E-state index contributed by atoms with van der Waals surface area (Å²) in [7, 11) is 0. The first-order chi connectivity index (χ1) is 25.5. The van der Waals surface area contributed by atoms with E-state index in [1.165, 1.54) is 0 Å². The number of hydrogen-bond donors (Lipinski definition) is 7. The minimum absolute atomic E-state index is 0.105. The maximum Gasteiger partial charge on any atom is 0.332 e. The van der Waals surface area contributed by atoms with Gasteiger partial charge in [-0.2, -0.15) is 0 Å². The van der Waals surface area contributed by atoms with Crippen molar-refractivity contribution < 1.29 is 64.2 Å². The number of carbonyl (C=O) groups excluding carboxylic acids is 1. The number of benzene rings is 2. The first kappa shape index (κ1) is 40.5. The number of aliphatic hydroxyl groups excluding tert-OH is 7. The molecule has 10 unspecified atom stereocenters. The monoisotopic (exact) mass is 743 g/mol. The van der Waals surface area contributed by atoms with Gasteiger partial charge in [-0.1, -0.05) is 60.7 Å². The lowest BCUT2D eigenvalue weighted by molar-refractivity contribution is -0.355. The Hall–Kier alpha value is -3.65. The first-order valence-electron chi connectivity index (χ1n) is 17.6. The Bertz CT molecular complexity index is 1570. The highest BCUT2D eigenvalue weighted by Crippen LogP contribution is 2.32. The minimum atomic E-state index is -1.87. The molecule has 0 spiro atoms. The van der Waals surface area contributed by atoms with Gasteiger partial charge in [-0.05, 0) is 26.7 Å². The molecule has 53 heavy (non-hydrogen) atoms. The largest absolute Gasteiger partial charge is 0.455 e. The van der Waals surface area contributed by atoms with Gasteiger partial charge in [-0.15, -0.1) is 0 Å². The SMILES string of the molecule is CC(C)N(CCCCOCC(=O)OC1C(O)C(O)OC(CO)C1OC1OC(CO)C(O)C(O)C1O)c1cnc(-c2ccccc2)c(-c2ccccc2)n1. The molecule has 2 aromatic carbocycles. The van der Waals surface area contributed by atoms with Crippen molar-refractivity contribution in [3.8, 4) is 22.5 Å². The molecule has 5 rings (SSSR count). The van der Waals surface area contributed by atoms with E-state index in [0.717, 1.165) is 28.3 Å². The van der Waals surface area contributed by atoms with Gasteiger partial charge in [0, 0.05) is 30.3 Å². The zero-order valence-electron chi connectivity index (χ0n) is 29.6. The molecule has 0 aliphatic carbocycles. The van der Waals surface area contributed by atoms with Crippen LogP contribution in [0.1, 0.15) is 26.7 Å². The molecule has 3 aromatic rings. The van der Waals surface area contributed by atoms with Crippen LogP contribution in [0.5, 0.6) is 0 Å². The van der Waals surface area contributed by atoms with Crippen molar-refractivity contribution in [1.82, 2.24) is 9.97 Å². The van der Waals surface area contributed by atoms with Crippen molar-refractivity contribution in [1.29, 1.82) is 0 Å². The van der Waals surface area contributed by atoms with Crippen LogP contribution in [-0.4, -0.2) is 152 Å². The fraction of sp³-hybridized carbons (Fsp3) is 0.541. The molecule has 16 heteroatoms. The highest BCUT2D eigenvalue weighted by molar-refractivity contribution is 5.78. The molecule has 290 valence electrons. The van der Waals surface area contributed by atoms with Crippen molar-refractivity contribution >= 4 is 11.8 Å². The third-order valence-electron chi connectivity index (χ3n) is 9.15. The second-order valence-electron chi connectivity index (χ2n) is 13.2. The minimum Gasteiger partial charge on any atom is -0.455 e. The average Bonchev–Trinajstić information content (AvgIpc) is 3.17. The Morgan fingerprint density at radius 1 is 0.792 bits per heavy atom. The second-order valence-corrected chi connectivity index (χ2v) is 13.2. The smallest absolute Gasteiger partial charge is 0.332 e. The van der Waals surface area contributed by atoms with Crippen molar-refractivity contribution in [2.75, 3.05) is 37.9 Å². The third kappa shape index (κ3) is 9.92. The Labute approximate surface area is 307 Å². The predicted molar refractivity (Wildman–Crippen MR) is 188 cm³/mol. The Morgan fingerprint density at radius 2 is 1.43 bits per heavy atom. The Kier molecular flexibility index (Phi) is 14.6. The van der Waals surface area contributed by atoms with Gasteiger partial charge in [0.05, 0.1) is 30.8 Å². The summed E-state index contributed by atoms with van der Waals surface area (Å²) in [4.78, 5) is 24.9. The molecule has 2 aliphatic rings. The van der Waals surface area contributed by atoms with Crippen molar-refractivity contribution in [2.45, 2.75) is 94.1 Å². The standard InChI is InChI=1S/C37H49N3O13/c1-21(2)40(26-17-38-28(22-11-5-3-6-12-22)29(39-26)23-13-7-4-8-14-23)15-9-10-16-49-20-27(43)52-35-33(47)36(48)50-25(19-42)34(35)53-37-32(46)31(45)30(44)24(18-41)51-37/h3-8,11-14,17,21,24-25,30-37,41-42,44-48H,9-10,15-16,18-20H2,1-2H3. The maximum atomic E-state index is 12.8. The fourth-order valence-corrected chi connectivity index (χ4v) is 6.28. The van der Waals surface area contributed by atoms with Crippen LogP contribution in [0.15, 0.2) is 66.9 Å². The van der Waals surface area contributed by atoms with Crippen molar-refractivity contribution in [3.63, 3.8) is 0 Å². The van der Waals surface area contributed by atoms with E-state index in [1.807, 2.05) is 60.7 Å². The fourth-order valence-electron chi connectivity index (χ4n) is 6.28. The summed E-state index contributed by atoms with van der Waals surface area (Å²) in [5.41, 5.74) is 3.47. The maximum absolute atomic E-state index is 12.8. The highest BCUT2D eigenvalue weighted by Gasteiger charge is 2.52. The molecular formula is C37H49N3O13. The highest BCUT2D eigenvalue weighted by atomic mass is 16.7. The molecule has 16 nitrogen and oxygen atoms in total. The van der Waals surface area contributed by atoms with Gasteiger partial charge in [-0.3, -0.25) is 4.98 Å². The lowest BCUT2D eigenvalue weighted by atomic mass is 9.97. The Balaban J connectivity index is 1.16. The molecule has 0 amide bonds. The van der Waals surface area contributed by atoms with Crippen LogP contribution >= 0.6 is 0 Å². The molecule has 10 atom stereocenters. The number of aromatic nitrogens is 2. The molecule has 2 fully saturated rings. The number of hydrogen-bond acceptors (Lipinski definition) is 16. The molecule has 0 bridgehead atoms. The van der Waals surface area contributed by atoms with Crippen LogP contribution in [0.4, 0.5) is 5.82 Å². The van der Waals surface area contributed by atoms with Gasteiger partial charge in [-0.25, -0.2) is 9.78 Å². The van der Waals surface area contributed by atoms with Crippen molar-refractivity contribution in [2.24, 2.45) is 0 Å². The number of anilines is 1. The van der Waals surface area contributed by atoms with E-state index in [2.05, 4.69) is 18.7 Å². The number of esters is 1. The second kappa shape index (κ2) is 19.1. The molecular weight excluding hydrogens is 694 g/mol. The van der Waals surface area contributed by atoms with Crippen LogP contribution in [0.2, 0.25) is 0 Å². The summed E-state index contributed by atoms with van der Waals surface area (Å²) in [5, 5.41) is 70.9. The van der Waals surface area contributed by atoms with Gasteiger partial charge >= 0.3 is 5.97 Å². The van der Waals surface area contributed by atoms with Gasteiger partial charge in [0.15, 0.2) is 18.7 Å². The van der Waals surface area contributed by atoms with E-state index >= 15 is 0 Å². The van der Waals surface area contributed by atoms with Gasteiger partial charge in [0.1, 0.15) is 55.2 Å². The lowest BCUT2D eigenvalue weighted by Gasteiger charge is -2.46. The summed E-state index contributed by atoms with van der Waals surface area (Å²) >= 11 is 0. The molecule has 0 saturated carbocycles. The normalized spacial score (nSPS) is 28.9. The lowest BCUT2D eigenvalue weighted by Crippen LogP contribution is -2.65. The van der Waals surface area contributed by atoms with Crippen LogP contribution in [-0.2, 0) is 28.5 Å². The topological polar surface area (TPSA) is 234 Å². The van der Waals surface area contributed by atoms with E-state index in [-0.39, 0.29) is 12.6 Å². The van der Waals surface area contributed by atoms with Crippen molar-refractivity contribution in [3.05, 3.63) is 66.9 Å². The first-order valence-corrected chi connectivity index (χ1v) is 17.6. The van der Waals surface area contributed by atoms with Gasteiger partial charge in [0.25, 0.3) is 0 Å². The summed E-state index contributed by atoms with van der Waals surface area (Å²) in [6.45, 7) is 2.95. The average molecular weight is 744 g/mol. The molecule has 0 radical (unpaired) electrons. The zero-order chi connectivity index (χ0) is 38.1. The van der Waals surface area contributed by atoms with Gasteiger partial charge in [0.2, 0.25) is 0 Å². The number of carbonyl (C=O) groups is 1. The summed E-state index contributed by atoms with van der Waals surface area (Å²) in [6.07, 6.45) is -13.5. The van der Waals surface area contributed by atoms with Crippen LogP contribution in [0.25, 0.3) is 22.5 Å². The van der Waals surface area contributed by atoms with Crippen LogP contribution in [0.3, 0.4) is 0 Å². The number of rotatable bonds is 16. The van der Waals surface area contributed by atoms with E-state index in [9.17, 15) is 40.5 Å². The van der Waals surface area contributed by atoms with E-state index in [0.29, 0.717) is 19.4 Å². The van der Waals surface area contributed by atoms with Crippen LogP contribution in [0, 0.1) is 0 Å². The summed E-state index contributed by atoms with van der Waals surface area (Å²) < 4.78 is 27.2. The number of ether oxygens (including phenoxy) is 5. The Morgan fingerprint density at radius 3 is 2.06 bits per heavy atom. The van der Waals surface area contributed by atoms with E-state index < -0.39 is 87.2 Å². The zero-order valence-corrected chi connectivity index (χ0v) is 29.6. The quantitative estimate of drug-likeness (QED) is 0.0755. The molecule has 1 aromatic heterocycles. The molecule has 2 saturated heterocycles. The number of unbranched alkanes of at least 4 members (excludes halogenated alkanes) is 1. The number of aliphatic hydroxyl groups is 7. The van der Waals surface area contributed by atoms with E-state index in [1.54, 1.807) is 6.20 Å². The van der Waals surface area contributed by atoms with E-state index in [4.69, 9.17) is 33.7 Å². The van der Waals surface area contributed by atoms with Crippen LogP contribution < -0.4 is 4.90 Å². The predicted octanol–water partition coefficient (Wildman–Crippen LogP) is -0.0105. The molecule has 2 aliphatic heterocycles. The third-order valence-corrected chi connectivity index (χ3v) is 9.15. The van der Waals surface area contributed by atoms with Gasteiger partial charge < -0.3 is 64.3 Å². The molecule has 3 heterocycles.